The van der Waals surface area contributed by atoms with Crippen molar-refractivity contribution in [2.24, 2.45) is 0 Å². The molecule has 0 amide bonds. The van der Waals surface area contributed by atoms with E-state index < -0.39 is 34.3 Å². The van der Waals surface area contributed by atoms with Gasteiger partial charge in [-0.2, -0.15) is 23.1 Å². The molecule has 3 aromatic rings. The predicted molar refractivity (Wildman–Crippen MR) is 146 cm³/mol. The summed E-state index contributed by atoms with van der Waals surface area (Å²) in [5.74, 6) is -0.432. The molecule has 12 heteroatoms. The number of hydrogen-bond donors (Lipinski definition) is 1. The lowest BCUT2D eigenvalue weighted by Crippen LogP contribution is -2.51. The number of anilines is 1. The predicted octanol–water partition coefficient (Wildman–Crippen LogP) is 6.00. The zero-order chi connectivity index (χ0) is 28.5. The molecule has 0 spiro atoms. The highest BCUT2D eigenvalue weighted by atomic mass is 35.5. The van der Waals surface area contributed by atoms with Crippen LogP contribution in [0.3, 0.4) is 0 Å². The summed E-state index contributed by atoms with van der Waals surface area (Å²) in [6.45, 7) is 2.60. The first-order chi connectivity index (χ1) is 19.6. The summed E-state index contributed by atoms with van der Waals surface area (Å²) in [6, 6.07) is 7.05. The standard InChI is InChI=1S/C29H29ClF5N5O/c30-22-4-1-3-19(23(22)29(33,34)35)20-7-8-21-25(24(20)32)37-27(38-26(21)39-13-17-5-6-18(14-39)36-17)41-15-28-9-2-10-40(28)12-16(31)11-28/h1,3-4,7-8,16-18,36H,2,5-6,9-15H2/t16-,17?,18?,28+/m1/s1. The molecule has 2 bridgehead atoms. The minimum absolute atomic E-state index is 0.0694. The van der Waals surface area contributed by atoms with Gasteiger partial charge in [-0.05, 0) is 49.9 Å². The van der Waals surface area contributed by atoms with Crippen molar-refractivity contribution in [2.75, 3.05) is 37.7 Å². The second-order valence-corrected chi connectivity index (χ2v) is 12.1. The summed E-state index contributed by atoms with van der Waals surface area (Å²) < 4.78 is 78.7. The monoisotopic (exact) mass is 593 g/mol. The highest BCUT2D eigenvalue weighted by Crippen LogP contribution is 2.44. The smallest absolute Gasteiger partial charge is 0.418 e. The third-order valence-electron chi connectivity index (χ3n) is 9.10. The van der Waals surface area contributed by atoms with Gasteiger partial charge in [-0.25, -0.2) is 8.78 Å². The Balaban J connectivity index is 1.33. The first kappa shape index (κ1) is 27.1. The molecule has 0 saturated carbocycles. The van der Waals surface area contributed by atoms with E-state index >= 15 is 4.39 Å². The highest BCUT2D eigenvalue weighted by Gasteiger charge is 2.49. The zero-order valence-corrected chi connectivity index (χ0v) is 22.9. The number of aromatic nitrogens is 2. The second kappa shape index (κ2) is 9.91. The molecular weight excluding hydrogens is 565 g/mol. The van der Waals surface area contributed by atoms with Crippen LogP contribution in [0.2, 0.25) is 5.02 Å². The molecule has 1 N–H and O–H groups in total. The van der Waals surface area contributed by atoms with Crippen LogP contribution >= 0.6 is 11.6 Å². The number of piperazine rings is 1. The van der Waals surface area contributed by atoms with E-state index in [1.165, 1.54) is 18.2 Å². The largest absolute Gasteiger partial charge is 0.461 e. The number of rotatable bonds is 5. The summed E-state index contributed by atoms with van der Waals surface area (Å²) in [5.41, 5.74) is -2.33. The third-order valence-corrected chi connectivity index (χ3v) is 9.42. The average Bonchev–Trinajstić information content (AvgIpc) is 3.57. The maximum Gasteiger partial charge on any atom is 0.418 e. The Morgan fingerprint density at radius 3 is 2.59 bits per heavy atom. The van der Waals surface area contributed by atoms with E-state index in [1.807, 2.05) is 0 Å². The molecule has 1 aromatic heterocycles. The Morgan fingerprint density at radius 2 is 1.83 bits per heavy atom. The number of benzene rings is 2. The van der Waals surface area contributed by atoms with Crippen LogP contribution in [0.25, 0.3) is 22.0 Å². The Labute approximate surface area is 238 Å². The van der Waals surface area contributed by atoms with Crippen molar-refractivity contribution in [2.45, 2.75) is 62.1 Å². The summed E-state index contributed by atoms with van der Waals surface area (Å²) in [7, 11) is 0. The van der Waals surface area contributed by atoms with Crippen LogP contribution in [-0.4, -0.2) is 71.4 Å². The molecule has 5 heterocycles. The van der Waals surface area contributed by atoms with E-state index in [2.05, 4.69) is 20.1 Å². The summed E-state index contributed by atoms with van der Waals surface area (Å²) in [6.07, 6.45) is -1.63. The molecule has 6 nitrogen and oxygen atoms in total. The molecule has 0 radical (unpaired) electrons. The lowest BCUT2D eigenvalue weighted by atomic mass is 9.95. The molecule has 4 fully saturated rings. The molecule has 41 heavy (non-hydrogen) atoms. The quantitative estimate of drug-likeness (QED) is 0.366. The van der Waals surface area contributed by atoms with E-state index in [9.17, 15) is 17.6 Å². The van der Waals surface area contributed by atoms with Crippen LogP contribution in [0.1, 0.15) is 37.7 Å². The van der Waals surface area contributed by atoms with Crippen molar-refractivity contribution >= 4 is 28.3 Å². The van der Waals surface area contributed by atoms with Crippen LogP contribution in [0.5, 0.6) is 6.01 Å². The molecule has 4 saturated heterocycles. The molecule has 0 aliphatic carbocycles. The molecule has 4 aliphatic rings. The maximum atomic E-state index is 16.3. The van der Waals surface area contributed by atoms with Crippen molar-refractivity contribution in [1.82, 2.24) is 20.2 Å². The van der Waals surface area contributed by atoms with Crippen molar-refractivity contribution in [1.29, 1.82) is 0 Å². The van der Waals surface area contributed by atoms with E-state index in [1.54, 1.807) is 6.07 Å². The maximum absolute atomic E-state index is 16.3. The van der Waals surface area contributed by atoms with Crippen molar-refractivity contribution in [3.05, 3.63) is 46.7 Å². The summed E-state index contributed by atoms with van der Waals surface area (Å²) >= 11 is 5.95. The topological polar surface area (TPSA) is 53.5 Å². The highest BCUT2D eigenvalue weighted by molar-refractivity contribution is 6.31. The molecule has 4 aliphatic heterocycles. The van der Waals surface area contributed by atoms with Gasteiger partial charge in [0.25, 0.3) is 0 Å². The number of alkyl halides is 4. The van der Waals surface area contributed by atoms with Gasteiger partial charge in [0.2, 0.25) is 0 Å². The first-order valence-corrected chi connectivity index (χ1v) is 14.4. The van der Waals surface area contributed by atoms with Gasteiger partial charge in [-0.1, -0.05) is 29.8 Å². The molecular formula is C29H29ClF5N5O. The van der Waals surface area contributed by atoms with Crippen LogP contribution in [0.15, 0.2) is 30.3 Å². The fourth-order valence-corrected chi connectivity index (χ4v) is 7.58. The summed E-state index contributed by atoms with van der Waals surface area (Å²) in [4.78, 5) is 13.3. The van der Waals surface area contributed by atoms with Gasteiger partial charge in [-0.3, -0.25) is 4.90 Å². The lowest BCUT2D eigenvalue weighted by molar-refractivity contribution is -0.137. The minimum Gasteiger partial charge on any atom is -0.461 e. The number of nitrogens with zero attached hydrogens (tertiary/aromatic N) is 4. The zero-order valence-electron chi connectivity index (χ0n) is 22.2. The number of halogens is 6. The third kappa shape index (κ3) is 4.70. The van der Waals surface area contributed by atoms with E-state index in [0.717, 1.165) is 38.3 Å². The van der Waals surface area contributed by atoms with E-state index in [0.29, 0.717) is 37.3 Å². The molecule has 7 rings (SSSR count). The number of fused-ring (bicyclic) bond motifs is 4. The molecule has 4 atom stereocenters. The molecule has 2 unspecified atom stereocenters. The van der Waals surface area contributed by atoms with Crippen LogP contribution < -0.4 is 15.0 Å². The van der Waals surface area contributed by atoms with Crippen LogP contribution in [-0.2, 0) is 6.18 Å². The van der Waals surface area contributed by atoms with Crippen molar-refractivity contribution in [3.8, 4) is 17.1 Å². The first-order valence-electron chi connectivity index (χ1n) is 14.0. The molecule has 2 aromatic carbocycles. The normalized spacial score (nSPS) is 28.0. The SMILES string of the molecule is Fc1c(-c2cccc(Cl)c2C(F)(F)F)ccc2c(N3CC4CCC(C3)N4)nc(OC[C@@]34CCCN3C[C@H](F)C4)nc12. The van der Waals surface area contributed by atoms with Gasteiger partial charge in [-0.15, -0.1) is 0 Å². The van der Waals surface area contributed by atoms with Gasteiger partial charge < -0.3 is 15.0 Å². The van der Waals surface area contributed by atoms with Crippen LogP contribution in [0.4, 0.5) is 27.8 Å². The van der Waals surface area contributed by atoms with Gasteiger partial charge in [0.1, 0.15) is 24.1 Å². The Hall–Kier alpha value is -2.76. The number of hydrogen-bond acceptors (Lipinski definition) is 6. The van der Waals surface area contributed by atoms with Crippen LogP contribution in [0, 0.1) is 5.82 Å². The summed E-state index contributed by atoms with van der Waals surface area (Å²) in [5, 5.41) is 3.44. The lowest BCUT2D eigenvalue weighted by Gasteiger charge is -2.34. The fourth-order valence-electron chi connectivity index (χ4n) is 7.29. The van der Waals surface area contributed by atoms with Gasteiger partial charge in [0.15, 0.2) is 5.82 Å². The number of ether oxygens (including phenoxy) is 1. The Bertz CT molecular complexity index is 1490. The minimum atomic E-state index is -4.79. The Kier molecular flexibility index (Phi) is 6.55. The average molecular weight is 594 g/mol. The number of nitrogens with one attached hydrogen (secondary N) is 1. The van der Waals surface area contributed by atoms with Crippen molar-refractivity contribution < 1.29 is 26.7 Å². The second-order valence-electron chi connectivity index (χ2n) is 11.7. The van der Waals surface area contributed by atoms with Gasteiger partial charge >= 0.3 is 12.2 Å². The van der Waals surface area contributed by atoms with Crippen molar-refractivity contribution in [3.63, 3.8) is 0 Å². The van der Waals surface area contributed by atoms with Gasteiger partial charge in [0.05, 0.1) is 16.1 Å². The molecule has 218 valence electrons. The Morgan fingerprint density at radius 1 is 1.05 bits per heavy atom. The van der Waals surface area contributed by atoms with E-state index in [4.69, 9.17) is 21.3 Å². The van der Waals surface area contributed by atoms with E-state index in [-0.39, 0.29) is 41.3 Å². The van der Waals surface area contributed by atoms with Gasteiger partial charge in [0, 0.05) is 49.1 Å². The fraction of sp³-hybridized carbons (Fsp3) is 0.517.